The first-order valence-corrected chi connectivity index (χ1v) is 10.7. The summed E-state index contributed by atoms with van der Waals surface area (Å²) in [7, 11) is 1.54. The first kappa shape index (κ1) is 23.9. The summed E-state index contributed by atoms with van der Waals surface area (Å²) in [4.78, 5) is 12.0. The largest absolute Gasteiger partial charge is 0.493 e. The first-order chi connectivity index (χ1) is 16.1. The minimum absolute atomic E-state index is 0.195. The van der Waals surface area contributed by atoms with E-state index < -0.39 is 5.91 Å². The summed E-state index contributed by atoms with van der Waals surface area (Å²) >= 11 is 5.92. The molecule has 0 atom stereocenters. The van der Waals surface area contributed by atoms with Crippen LogP contribution in [0.15, 0.2) is 71.8 Å². The van der Waals surface area contributed by atoms with E-state index in [2.05, 4.69) is 10.5 Å². The Kier molecular flexibility index (Phi) is 8.97. The molecule has 0 saturated carbocycles. The summed E-state index contributed by atoms with van der Waals surface area (Å²) < 4.78 is 22.3. The molecule has 33 heavy (non-hydrogen) atoms. The Hall–Kier alpha value is -3.71. The molecule has 0 saturated heterocycles. The Balaban J connectivity index is 1.55. The van der Waals surface area contributed by atoms with Gasteiger partial charge in [-0.2, -0.15) is 5.10 Å². The van der Waals surface area contributed by atoms with Crippen molar-refractivity contribution in [1.82, 2.24) is 5.43 Å². The van der Waals surface area contributed by atoms with Gasteiger partial charge in [-0.05, 0) is 60.5 Å². The fourth-order valence-electron chi connectivity index (χ4n) is 2.83. The molecule has 0 fully saturated rings. The third kappa shape index (κ3) is 7.43. The highest BCUT2D eigenvalue weighted by Crippen LogP contribution is 2.29. The maximum Gasteiger partial charge on any atom is 0.277 e. The van der Waals surface area contributed by atoms with Gasteiger partial charge < -0.3 is 18.9 Å². The number of benzene rings is 3. The van der Waals surface area contributed by atoms with Crippen LogP contribution in [0.5, 0.6) is 23.0 Å². The second kappa shape index (κ2) is 12.4. The van der Waals surface area contributed by atoms with Crippen LogP contribution in [0.4, 0.5) is 0 Å². The number of methoxy groups -OCH3 is 1. The second-order valence-corrected chi connectivity index (χ2v) is 7.22. The van der Waals surface area contributed by atoms with Gasteiger partial charge in [0.15, 0.2) is 29.6 Å². The predicted octanol–water partition coefficient (Wildman–Crippen LogP) is 4.86. The average molecular weight is 469 g/mol. The smallest absolute Gasteiger partial charge is 0.277 e. The summed E-state index contributed by atoms with van der Waals surface area (Å²) in [6.45, 7) is 2.56. The number of halogens is 1. The molecule has 0 spiro atoms. The molecule has 0 aliphatic heterocycles. The van der Waals surface area contributed by atoms with E-state index in [1.54, 1.807) is 30.3 Å². The Morgan fingerprint density at radius 1 is 0.939 bits per heavy atom. The maximum atomic E-state index is 12.0. The molecule has 8 heteroatoms. The molecule has 0 heterocycles. The zero-order valence-electron chi connectivity index (χ0n) is 18.4. The van der Waals surface area contributed by atoms with Gasteiger partial charge in [-0.25, -0.2) is 5.43 Å². The SMILES string of the molecule is CCOc1cc(/C=N\NC(=O)COc2ccccc2OC)ccc1OCc1ccc(Cl)cc1. The van der Waals surface area contributed by atoms with E-state index in [1.165, 1.54) is 13.3 Å². The number of nitrogens with zero attached hydrogens (tertiary/aromatic N) is 1. The number of rotatable bonds is 11. The summed E-state index contributed by atoms with van der Waals surface area (Å²) in [5.41, 5.74) is 4.17. The number of nitrogens with one attached hydrogen (secondary N) is 1. The molecule has 0 aromatic heterocycles. The molecule has 3 aromatic rings. The van der Waals surface area contributed by atoms with Crippen LogP contribution < -0.4 is 24.4 Å². The number of hydrogen-bond acceptors (Lipinski definition) is 6. The Morgan fingerprint density at radius 3 is 2.39 bits per heavy atom. The van der Waals surface area contributed by atoms with Crippen LogP contribution in [-0.2, 0) is 11.4 Å². The van der Waals surface area contributed by atoms with E-state index in [1.807, 2.05) is 43.3 Å². The summed E-state index contributed by atoms with van der Waals surface area (Å²) in [5, 5.41) is 4.66. The van der Waals surface area contributed by atoms with Crippen LogP contribution >= 0.6 is 11.6 Å². The van der Waals surface area contributed by atoms with Gasteiger partial charge in [0, 0.05) is 5.02 Å². The number of carbonyl (C=O) groups is 1. The van der Waals surface area contributed by atoms with Crippen molar-refractivity contribution in [3.63, 3.8) is 0 Å². The Morgan fingerprint density at radius 2 is 1.67 bits per heavy atom. The van der Waals surface area contributed by atoms with Crippen LogP contribution in [-0.4, -0.2) is 32.4 Å². The third-order valence-corrected chi connectivity index (χ3v) is 4.66. The number of hydrazone groups is 1. The summed E-state index contributed by atoms with van der Waals surface area (Å²) in [5.74, 6) is 1.83. The molecule has 3 rings (SSSR count). The summed E-state index contributed by atoms with van der Waals surface area (Å²) in [6, 6.07) is 20.0. The van der Waals surface area contributed by atoms with Crippen LogP contribution in [0.3, 0.4) is 0 Å². The van der Waals surface area contributed by atoms with Crippen LogP contribution in [0.1, 0.15) is 18.1 Å². The molecule has 3 aromatic carbocycles. The molecule has 1 N–H and O–H groups in total. The molecular weight excluding hydrogens is 444 g/mol. The number of hydrogen-bond donors (Lipinski definition) is 1. The van der Waals surface area contributed by atoms with Crippen molar-refractivity contribution in [3.8, 4) is 23.0 Å². The monoisotopic (exact) mass is 468 g/mol. The molecule has 0 aliphatic rings. The lowest BCUT2D eigenvalue weighted by molar-refractivity contribution is -0.123. The van der Waals surface area contributed by atoms with E-state index in [9.17, 15) is 4.79 Å². The highest BCUT2D eigenvalue weighted by atomic mass is 35.5. The van der Waals surface area contributed by atoms with Gasteiger partial charge in [-0.1, -0.05) is 35.9 Å². The van der Waals surface area contributed by atoms with Crippen LogP contribution in [0, 0.1) is 0 Å². The van der Waals surface area contributed by atoms with Gasteiger partial charge in [-0.3, -0.25) is 4.79 Å². The molecular formula is C25H25ClN2O5. The van der Waals surface area contributed by atoms with Crippen molar-refractivity contribution in [1.29, 1.82) is 0 Å². The average Bonchev–Trinajstić information content (AvgIpc) is 2.83. The fraction of sp³-hybridized carbons (Fsp3) is 0.200. The minimum atomic E-state index is -0.398. The van der Waals surface area contributed by atoms with E-state index in [0.717, 1.165) is 11.1 Å². The Bertz CT molecular complexity index is 1090. The molecule has 0 bridgehead atoms. The van der Waals surface area contributed by atoms with E-state index in [0.29, 0.717) is 41.2 Å². The van der Waals surface area contributed by atoms with Crippen molar-refractivity contribution in [2.45, 2.75) is 13.5 Å². The number of para-hydroxylation sites is 2. The van der Waals surface area contributed by atoms with Gasteiger partial charge >= 0.3 is 0 Å². The van der Waals surface area contributed by atoms with Gasteiger partial charge in [0.25, 0.3) is 5.91 Å². The third-order valence-electron chi connectivity index (χ3n) is 4.41. The zero-order valence-corrected chi connectivity index (χ0v) is 19.2. The zero-order chi connectivity index (χ0) is 23.5. The Labute approximate surface area is 197 Å². The van der Waals surface area contributed by atoms with Gasteiger partial charge in [0.1, 0.15) is 6.61 Å². The lowest BCUT2D eigenvalue weighted by Gasteiger charge is -2.12. The molecule has 0 unspecified atom stereocenters. The van der Waals surface area contributed by atoms with Crippen molar-refractivity contribution in [2.24, 2.45) is 5.10 Å². The van der Waals surface area contributed by atoms with Crippen LogP contribution in [0.25, 0.3) is 0 Å². The number of amides is 1. The predicted molar refractivity (Wildman–Crippen MR) is 128 cm³/mol. The summed E-state index contributed by atoms with van der Waals surface area (Å²) in [6.07, 6.45) is 1.52. The fourth-order valence-corrected chi connectivity index (χ4v) is 2.95. The number of carbonyl (C=O) groups excluding carboxylic acids is 1. The molecule has 0 aliphatic carbocycles. The van der Waals surface area contributed by atoms with Gasteiger partial charge in [-0.15, -0.1) is 0 Å². The van der Waals surface area contributed by atoms with Crippen molar-refractivity contribution in [3.05, 3.63) is 82.9 Å². The van der Waals surface area contributed by atoms with Gasteiger partial charge in [0.05, 0.1) is 19.9 Å². The molecule has 7 nitrogen and oxygen atoms in total. The quantitative estimate of drug-likeness (QED) is 0.321. The molecule has 1 amide bonds. The van der Waals surface area contributed by atoms with E-state index >= 15 is 0 Å². The van der Waals surface area contributed by atoms with E-state index in [4.69, 9.17) is 30.5 Å². The molecule has 172 valence electrons. The van der Waals surface area contributed by atoms with Crippen molar-refractivity contribution >= 4 is 23.7 Å². The highest BCUT2D eigenvalue weighted by molar-refractivity contribution is 6.30. The second-order valence-electron chi connectivity index (χ2n) is 6.79. The lowest BCUT2D eigenvalue weighted by Crippen LogP contribution is -2.24. The lowest BCUT2D eigenvalue weighted by atomic mass is 10.2. The van der Waals surface area contributed by atoms with Crippen molar-refractivity contribution in [2.75, 3.05) is 20.3 Å². The first-order valence-electron chi connectivity index (χ1n) is 10.3. The van der Waals surface area contributed by atoms with Crippen molar-refractivity contribution < 1.29 is 23.7 Å². The normalized spacial score (nSPS) is 10.6. The van der Waals surface area contributed by atoms with E-state index in [-0.39, 0.29) is 6.61 Å². The standard InChI is InChI=1S/C25H25ClN2O5/c1-3-31-24-14-19(10-13-23(24)32-16-18-8-11-20(26)12-9-18)15-27-28-25(29)17-33-22-7-5-4-6-21(22)30-2/h4-15H,3,16-17H2,1-2H3,(H,28,29)/b27-15-. The topological polar surface area (TPSA) is 78.4 Å². The molecule has 0 radical (unpaired) electrons. The highest BCUT2D eigenvalue weighted by Gasteiger charge is 2.08. The number of ether oxygens (including phenoxy) is 4. The van der Waals surface area contributed by atoms with Crippen LogP contribution in [0.2, 0.25) is 5.02 Å². The minimum Gasteiger partial charge on any atom is -0.493 e. The maximum absolute atomic E-state index is 12.0. The van der Waals surface area contributed by atoms with Gasteiger partial charge in [0.2, 0.25) is 0 Å².